The molecular formula is C22H26N2O4S. The third-order valence-electron chi connectivity index (χ3n) is 3.89. The quantitative estimate of drug-likeness (QED) is 0.561. The van der Waals surface area contributed by atoms with Gasteiger partial charge in [-0.1, -0.05) is 26.8 Å². The fraction of sp³-hybridized carbons (Fsp3) is 0.318. The molecule has 1 atom stereocenters. The Labute approximate surface area is 175 Å². The van der Waals surface area contributed by atoms with Gasteiger partial charge in [0, 0.05) is 22.7 Å². The van der Waals surface area contributed by atoms with Crippen LogP contribution in [0.25, 0.3) is 0 Å². The lowest BCUT2D eigenvalue weighted by Crippen LogP contribution is -2.22. The van der Waals surface area contributed by atoms with Crippen molar-refractivity contribution in [2.24, 2.45) is 5.41 Å². The van der Waals surface area contributed by atoms with Crippen LogP contribution in [0, 0.1) is 5.41 Å². The molecule has 2 aromatic rings. The van der Waals surface area contributed by atoms with E-state index >= 15 is 0 Å². The van der Waals surface area contributed by atoms with Gasteiger partial charge in [0.2, 0.25) is 11.8 Å². The average molecular weight is 415 g/mol. The third kappa shape index (κ3) is 7.62. The molecule has 0 heterocycles. The number of anilines is 2. The van der Waals surface area contributed by atoms with Gasteiger partial charge in [-0.3, -0.25) is 9.59 Å². The van der Waals surface area contributed by atoms with Crippen LogP contribution in [0.1, 0.15) is 44.5 Å². The SMILES string of the molecule is CC(Sc1ccc(NC(=O)CC(C)(C)C)cc1)C(=O)Nc1cccc(C(=O)O)c1. The second-order valence-corrected chi connectivity index (χ2v) is 9.36. The normalized spacial score (nSPS) is 12.1. The Morgan fingerprint density at radius 1 is 1.00 bits per heavy atom. The van der Waals surface area contributed by atoms with Gasteiger partial charge < -0.3 is 15.7 Å². The predicted octanol–water partition coefficient (Wildman–Crippen LogP) is 4.88. The van der Waals surface area contributed by atoms with E-state index in [-0.39, 0.29) is 28.0 Å². The van der Waals surface area contributed by atoms with Crippen LogP contribution in [-0.4, -0.2) is 28.1 Å². The van der Waals surface area contributed by atoms with Crippen molar-refractivity contribution < 1.29 is 19.5 Å². The second kappa shape index (κ2) is 9.60. The maximum absolute atomic E-state index is 12.4. The summed E-state index contributed by atoms with van der Waals surface area (Å²) in [6.07, 6.45) is 0.434. The first kappa shape index (κ1) is 22.5. The minimum Gasteiger partial charge on any atom is -0.478 e. The monoisotopic (exact) mass is 414 g/mol. The Balaban J connectivity index is 1.92. The number of hydrogen-bond donors (Lipinski definition) is 3. The number of carboxylic acid groups (broad SMARTS) is 1. The summed E-state index contributed by atoms with van der Waals surface area (Å²) in [5.41, 5.74) is 1.20. The molecule has 0 aliphatic rings. The summed E-state index contributed by atoms with van der Waals surface area (Å²) in [6.45, 7) is 7.81. The van der Waals surface area contributed by atoms with Gasteiger partial charge in [-0.25, -0.2) is 4.79 Å². The molecule has 6 nitrogen and oxygen atoms in total. The van der Waals surface area contributed by atoms with Crippen molar-refractivity contribution in [2.45, 2.75) is 44.3 Å². The average Bonchev–Trinajstić information content (AvgIpc) is 2.62. The lowest BCUT2D eigenvalue weighted by molar-refractivity contribution is -0.118. The van der Waals surface area contributed by atoms with Crippen molar-refractivity contribution in [2.75, 3.05) is 10.6 Å². The van der Waals surface area contributed by atoms with Gasteiger partial charge in [0.05, 0.1) is 10.8 Å². The first-order valence-electron chi connectivity index (χ1n) is 9.24. The van der Waals surface area contributed by atoms with E-state index in [9.17, 15) is 14.4 Å². The fourth-order valence-electron chi connectivity index (χ4n) is 2.54. The molecule has 0 aliphatic carbocycles. The Morgan fingerprint density at radius 3 is 2.24 bits per heavy atom. The second-order valence-electron chi connectivity index (χ2n) is 7.95. The molecule has 0 aliphatic heterocycles. The van der Waals surface area contributed by atoms with E-state index in [4.69, 9.17) is 5.11 Å². The van der Waals surface area contributed by atoms with E-state index in [1.807, 2.05) is 45.0 Å². The van der Waals surface area contributed by atoms with Crippen LogP contribution in [0.3, 0.4) is 0 Å². The molecule has 0 radical (unpaired) electrons. The van der Waals surface area contributed by atoms with Gasteiger partial charge >= 0.3 is 5.97 Å². The number of thioether (sulfide) groups is 1. The maximum atomic E-state index is 12.4. The smallest absolute Gasteiger partial charge is 0.335 e. The van der Waals surface area contributed by atoms with Crippen molar-refractivity contribution in [3.05, 3.63) is 54.1 Å². The first-order chi connectivity index (χ1) is 13.5. The van der Waals surface area contributed by atoms with Gasteiger partial charge in [0.25, 0.3) is 0 Å². The largest absolute Gasteiger partial charge is 0.478 e. The lowest BCUT2D eigenvalue weighted by Gasteiger charge is -2.17. The van der Waals surface area contributed by atoms with Gasteiger partial charge in [-0.15, -0.1) is 11.8 Å². The number of rotatable bonds is 7. The van der Waals surface area contributed by atoms with E-state index in [1.165, 1.54) is 23.9 Å². The van der Waals surface area contributed by atoms with Gasteiger partial charge in [0.1, 0.15) is 0 Å². The van der Waals surface area contributed by atoms with E-state index in [1.54, 1.807) is 19.1 Å². The molecule has 3 N–H and O–H groups in total. The summed E-state index contributed by atoms with van der Waals surface area (Å²) in [7, 11) is 0. The number of nitrogens with one attached hydrogen (secondary N) is 2. The first-order valence-corrected chi connectivity index (χ1v) is 10.1. The highest BCUT2D eigenvalue weighted by molar-refractivity contribution is 8.00. The van der Waals surface area contributed by atoms with Crippen LogP contribution in [-0.2, 0) is 9.59 Å². The molecule has 0 aromatic heterocycles. The minimum absolute atomic E-state index is 0.0331. The summed E-state index contributed by atoms with van der Waals surface area (Å²) in [5.74, 6) is -1.30. The highest BCUT2D eigenvalue weighted by Gasteiger charge is 2.17. The van der Waals surface area contributed by atoms with Crippen molar-refractivity contribution in [1.82, 2.24) is 0 Å². The molecule has 2 aromatic carbocycles. The van der Waals surface area contributed by atoms with Crippen LogP contribution >= 0.6 is 11.8 Å². The molecule has 29 heavy (non-hydrogen) atoms. The summed E-state index contributed by atoms with van der Waals surface area (Å²) >= 11 is 1.38. The van der Waals surface area contributed by atoms with E-state index in [0.29, 0.717) is 17.8 Å². The molecule has 2 rings (SSSR count). The fourth-order valence-corrected chi connectivity index (χ4v) is 3.40. The number of carbonyl (C=O) groups is 3. The van der Waals surface area contributed by atoms with Crippen LogP contribution in [0.15, 0.2) is 53.4 Å². The Morgan fingerprint density at radius 2 is 1.66 bits per heavy atom. The molecule has 0 bridgehead atoms. The molecular weight excluding hydrogens is 388 g/mol. The van der Waals surface area contributed by atoms with Crippen molar-refractivity contribution in [3.63, 3.8) is 0 Å². The van der Waals surface area contributed by atoms with Crippen molar-refractivity contribution >= 4 is 40.9 Å². The standard InChI is InChI=1S/C22H26N2O4S/c1-14(20(26)24-17-7-5-6-15(12-17)21(27)28)29-18-10-8-16(9-11-18)23-19(25)13-22(2,3)4/h5-12,14H,13H2,1-4H3,(H,23,25)(H,24,26)(H,27,28). The van der Waals surface area contributed by atoms with Gasteiger partial charge in [-0.2, -0.15) is 0 Å². The summed E-state index contributed by atoms with van der Waals surface area (Å²) in [4.78, 5) is 36.3. The highest BCUT2D eigenvalue weighted by atomic mass is 32.2. The van der Waals surface area contributed by atoms with Gasteiger partial charge in [-0.05, 0) is 54.8 Å². The van der Waals surface area contributed by atoms with E-state index in [0.717, 1.165) is 4.90 Å². The summed E-state index contributed by atoms with van der Waals surface area (Å²) in [5, 5.41) is 14.3. The van der Waals surface area contributed by atoms with Crippen LogP contribution in [0.4, 0.5) is 11.4 Å². The van der Waals surface area contributed by atoms with Gasteiger partial charge in [0.15, 0.2) is 0 Å². The number of benzene rings is 2. The lowest BCUT2D eigenvalue weighted by atomic mass is 9.92. The van der Waals surface area contributed by atoms with E-state index < -0.39 is 5.97 Å². The zero-order valence-electron chi connectivity index (χ0n) is 17.0. The molecule has 154 valence electrons. The summed E-state index contributed by atoms with van der Waals surface area (Å²) < 4.78 is 0. The molecule has 0 fully saturated rings. The minimum atomic E-state index is -1.04. The van der Waals surface area contributed by atoms with Crippen LogP contribution in [0.5, 0.6) is 0 Å². The molecule has 0 saturated heterocycles. The van der Waals surface area contributed by atoms with Crippen molar-refractivity contribution in [1.29, 1.82) is 0 Å². The molecule has 0 saturated carbocycles. The Hall–Kier alpha value is -2.80. The van der Waals surface area contributed by atoms with E-state index in [2.05, 4.69) is 10.6 Å². The number of carboxylic acids is 1. The Kier molecular flexibility index (Phi) is 7.45. The zero-order valence-corrected chi connectivity index (χ0v) is 17.8. The number of amides is 2. The topological polar surface area (TPSA) is 95.5 Å². The Bertz CT molecular complexity index is 888. The predicted molar refractivity (Wildman–Crippen MR) is 116 cm³/mol. The van der Waals surface area contributed by atoms with Crippen LogP contribution < -0.4 is 10.6 Å². The molecule has 7 heteroatoms. The number of carbonyl (C=O) groups excluding carboxylic acids is 2. The molecule has 1 unspecified atom stereocenters. The highest BCUT2D eigenvalue weighted by Crippen LogP contribution is 2.26. The molecule has 2 amide bonds. The third-order valence-corrected chi connectivity index (χ3v) is 5.00. The molecule has 0 spiro atoms. The van der Waals surface area contributed by atoms with Crippen LogP contribution in [0.2, 0.25) is 0 Å². The number of aromatic carboxylic acids is 1. The maximum Gasteiger partial charge on any atom is 0.335 e. The number of hydrogen-bond acceptors (Lipinski definition) is 4. The zero-order chi connectivity index (χ0) is 21.6. The van der Waals surface area contributed by atoms with Crippen molar-refractivity contribution in [3.8, 4) is 0 Å². The summed E-state index contributed by atoms with van der Waals surface area (Å²) in [6, 6.07) is 13.5.